The van der Waals surface area contributed by atoms with Crippen LogP contribution in [0.4, 0.5) is 5.69 Å². The summed E-state index contributed by atoms with van der Waals surface area (Å²) >= 11 is 6.12. The molecule has 0 heterocycles. The van der Waals surface area contributed by atoms with Crippen LogP contribution in [0.15, 0.2) is 18.2 Å². The number of nitrogens with one attached hydrogen (secondary N) is 1. The fourth-order valence-electron chi connectivity index (χ4n) is 2.32. The van der Waals surface area contributed by atoms with Crippen molar-refractivity contribution in [3.63, 3.8) is 0 Å². The summed E-state index contributed by atoms with van der Waals surface area (Å²) in [5, 5.41) is 14.2. The van der Waals surface area contributed by atoms with Crippen LogP contribution < -0.4 is 5.32 Å². The van der Waals surface area contributed by atoms with Gasteiger partial charge in [0.1, 0.15) is 0 Å². The van der Waals surface area contributed by atoms with Crippen molar-refractivity contribution >= 4 is 17.3 Å². The predicted octanol–water partition coefficient (Wildman–Crippen LogP) is 3.37. The van der Waals surface area contributed by atoms with E-state index in [2.05, 4.69) is 5.32 Å². The zero-order valence-electron chi connectivity index (χ0n) is 9.59. The van der Waals surface area contributed by atoms with E-state index in [1.54, 1.807) is 0 Å². The summed E-state index contributed by atoms with van der Waals surface area (Å²) in [6.07, 6.45) is 4.03. The van der Waals surface area contributed by atoms with Crippen molar-refractivity contribution in [2.24, 2.45) is 0 Å². The van der Waals surface area contributed by atoms with Crippen molar-refractivity contribution < 1.29 is 5.11 Å². The molecule has 1 aromatic rings. The van der Waals surface area contributed by atoms with Gasteiger partial charge in [0.05, 0.1) is 16.3 Å². The number of para-hydroxylation sites is 1. The summed E-state index contributed by atoms with van der Waals surface area (Å²) in [6, 6.07) is 5.83. The molecule has 2 rings (SSSR count). The lowest BCUT2D eigenvalue weighted by atomic mass is 10.0. The molecule has 16 heavy (non-hydrogen) atoms. The highest BCUT2D eigenvalue weighted by Crippen LogP contribution is 2.31. The minimum absolute atomic E-state index is 0.536. The molecule has 1 aliphatic carbocycles. The molecule has 1 saturated carbocycles. The van der Waals surface area contributed by atoms with E-state index in [1.807, 2.05) is 25.1 Å². The van der Waals surface area contributed by atoms with Crippen molar-refractivity contribution in [2.45, 2.75) is 38.2 Å². The fraction of sp³-hybridized carbons (Fsp3) is 0.538. The van der Waals surface area contributed by atoms with Gasteiger partial charge in [-0.05, 0) is 31.4 Å². The van der Waals surface area contributed by atoms with Gasteiger partial charge in [-0.25, -0.2) is 0 Å². The van der Waals surface area contributed by atoms with Crippen molar-refractivity contribution in [3.05, 3.63) is 28.8 Å². The second-order valence-electron chi connectivity index (χ2n) is 4.72. The van der Waals surface area contributed by atoms with E-state index in [0.717, 1.165) is 42.0 Å². The Kier molecular flexibility index (Phi) is 3.41. The molecule has 88 valence electrons. The first kappa shape index (κ1) is 11.7. The van der Waals surface area contributed by atoms with Crippen molar-refractivity contribution in [2.75, 3.05) is 11.9 Å². The monoisotopic (exact) mass is 239 g/mol. The molecule has 0 spiro atoms. The minimum atomic E-state index is -0.536. The highest BCUT2D eigenvalue weighted by molar-refractivity contribution is 6.33. The van der Waals surface area contributed by atoms with E-state index in [1.165, 1.54) is 0 Å². The van der Waals surface area contributed by atoms with E-state index in [0.29, 0.717) is 6.54 Å². The number of aryl methyl sites for hydroxylation is 1. The van der Waals surface area contributed by atoms with Gasteiger partial charge in [-0.1, -0.05) is 36.6 Å². The quantitative estimate of drug-likeness (QED) is 0.848. The number of hydrogen-bond acceptors (Lipinski definition) is 2. The predicted molar refractivity (Wildman–Crippen MR) is 68.1 cm³/mol. The Hall–Kier alpha value is -0.730. The van der Waals surface area contributed by atoms with E-state index in [4.69, 9.17) is 11.6 Å². The average Bonchev–Trinajstić information content (AvgIpc) is 2.65. The summed E-state index contributed by atoms with van der Waals surface area (Å²) in [5.41, 5.74) is 1.53. The van der Waals surface area contributed by atoms with Gasteiger partial charge in [0.2, 0.25) is 0 Å². The van der Waals surface area contributed by atoms with Crippen LogP contribution in [0.2, 0.25) is 5.02 Å². The number of aliphatic hydroxyl groups is 1. The zero-order valence-corrected chi connectivity index (χ0v) is 10.3. The van der Waals surface area contributed by atoms with Crippen LogP contribution in [-0.4, -0.2) is 17.3 Å². The fourth-order valence-corrected chi connectivity index (χ4v) is 2.61. The zero-order chi connectivity index (χ0) is 11.6. The molecule has 0 amide bonds. The molecule has 0 unspecified atom stereocenters. The number of benzene rings is 1. The standard InChI is InChI=1S/C13H18ClNO/c1-10-5-4-6-11(14)12(10)15-9-13(16)7-2-3-8-13/h4-6,15-16H,2-3,7-9H2,1H3. The summed E-state index contributed by atoms with van der Waals surface area (Å²) in [4.78, 5) is 0. The second-order valence-corrected chi connectivity index (χ2v) is 5.12. The van der Waals surface area contributed by atoms with Crippen molar-refractivity contribution in [1.29, 1.82) is 0 Å². The lowest BCUT2D eigenvalue weighted by Gasteiger charge is -2.24. The van der Waals surface area contributed by atoms with Gasteiger partial charge >= 0.3 is 0 Å². The van der Waals surface area contributed by atoms with Crippen LogP contribution >= 0.6 is 11.6 Å². The first-order chi connectivity index (χ1) is 7.61. The topological polar surface area (TPSA) is 32.3 Å². The SMILES string of the molecule is Cc1cccc(Cl)c1NCC1(O)CCCC1. The Morgan fingerprint density at radius 3 is 2.69 bits per heavy atom. The van der Waals surface area contributed by atoms with Gasteiger partial charge in [0.15, 0.2) is 0 Å². The summed E-state index contributed by atoms with van der Waals surface area (Å²) < 4.78 is 0. The van der Waals surface area contributed by atoms with Gasteiger partial charge in [0, 0.05) is 6.54 Å². The van der Waals surface area contributed by atoms with Gasteiger partial charge in [-0.3, -0.25) is 0 Å². The van der Waals surface area contributed by atoms with Crippen LogP contribution in [0.1, 0.15) is 31.2 Å². The molecule has 2 nitrogen and oxygen atoms in total. The first-order valence-corrected chi connectivity index (χ1v) is 6.20. The minimum Gasteiger partial charge on any atom is -0.388 e. The van der Waals surface area contributed by atoms with Crippen molar-refractivity contribution in [3.8, 4) is 0 Å². The maximum Gasteiger partial charge on any atom is 0.0819 e. The van der Waals surface area contributed by atoms with Crippen LogP contribution in [-0.2, 0) is 0 Å². The molecule has 1 aromatic carbocycles. The highest BCUT2D eigenvalue weighted by atomic mass is 35.5. The number of halogens is 1. The highest BCUT2D eigenvalue weighted by Gasteiger charge is 2.30. The Bertz CT molecular complexity index is 352. The molecular formula is C13H18ClNO. The van der Waals surface area contributed by atoms with Crippen LogP contribution in [0, 0.1) is 6.92 Å². The second kappa shape index (κ2) is 4.64. The van der Waals surface area contributed by atoms with E-state index in [9.17, 15) is 5.11 Å². The first-order valence-electron chi connectivity index (χ1n) is 5.82. The third-order valence-corrected chi connectivity index (χ3v) is 3.67. The average molecular weight is 240 g/mol. The Morgan fingerprint density at radius 2 is 2.06 bits per heavy atom. The van der Waals surface area contributed by atoms with Crippen LogP contribution in [0.25, 0.3) is 0 Å². The van der Waals surface area contributed by atoms with Crippen LogP contribution in [0.3, 0.4) is 0 Å². The maximum absolute atomic E-state index is 10.2. The molecule has 0 aliphatic heterocycles. The lowest BCUT2D eigenvalue weighted by Crippen LogP contribution is -2.33. The third-order valence-electron chi connectivity index (χ3n) is 3.35. The Morgan fingerprint density at radius 1 is 1.38 bits per heavy atom. The lowest BCUT2D eigenvalue weighted by molar-refractivity contribution is 0.0615. The van der Waals surface area contributed by atoms with E-state index >= 15 is 0 Å². The Labute approximate surface area is 102 Å². The number of hydrogen-bond donors (Lipinski definition) is 2. The van der Waals surface area contributed by atoms with Gasteiger partial charge in [-0.15, -0.1) is 0 Å². The maximum atomic E-state index is 10.2. The summed E-state index contributed by atoms with van der Waals surface area (Å²) in [5.74, 6) is 0. The molecule has 0 radical (unpaired) electrons. The summed E-state index contributed by atoms with van der Waals surface area (Å²) in [6.45, 7) is 2.62. The normalized spacial score (nSPS) is 18.7. The van der Waals surface area contributed by atoms with E-state index in [-0.39, 0.29) is 0 Å². The van der Waals surface area contributed by atoms with E-state index < -0.39 is 5.60 Å². The molecule has 1 aliphatic rings. The van der Waals surface area contributed by atoms with Crippen molar-refractivity contribution in [1.82, 2.24) is 0 Å². The largest absolute Gasteiger partial charge is 0.388 e. The van der Waals surface area contributed by atoms with Gasteiger partial charge in [0.25, 0.3) is 0 Å². The smallest absolute Gasteiger partial charge is 0.0819 e. The van der Waals surface area contributed by atoms with Gasteiger partial charge < -0.3 is 10.4 Å². The molecule has 0 bridgehead atoms. The molecular weight excluding hydrogens is 222 g/mol. The molecule has 0 saturated heterocycles. The third kappa shape index (κ3) is 2.50. The number of rotatable bonds is 3. The molecule has 2 N–H and O–H groups in total. The molecule has 0 aromatic heterocycles. The van der Waals surface area contributed by atoms with Crippen LogP contribution in [0.5, 0.6) is 0 Å². The summed E-state index contributed by atoms with van der Waals surface area (Å²) in [7, 11) is 0. The molecule has 3 heteroatoms. The Balaban J connectivity index is 2.04. The van der Waals surface area contributed by atoms with Gasteiger partial charge in [-0.2, -0.15) is 0 Å². The molecule has 1 fully saturated rings. The number of anilines is 1. The molecule has 0 atom stereocenters.